The van der Waals surface area contributed by atoms with Gasteiger partial charge in [0.15, 0.2) is 0 Å². The van der Waals surface area contributed by atoms with Gasteiger partial charge < -0.3 is 11.1 Å². The van der Waals surface area contributed by atoms with Gasteiger partial charge in [0, 0.05) is 11.3 Å². The highest BCUT2D eigenvalue weighted by molar-refractivity contribution is 8.26. The van der Waals surface area contributed by atoms with Crippen molar-refractivity contribution in [3.05, 3.63) is 53.4 Å². The Morgan fingerprint density at radius 2 is 2.06 bits per heavy atom. The molecular weight excluding hydrogens is 466 g/mol. The zero-order valence-electron chi connectivity index (χ0n) is 17.3. The smallest absolute Gasteiger partial charge is 0.281 e. The Balaban J connectivity index is 1.68. The van der Waals surface area contributed by atoms with Crippen molar-refractivity contribution in [2.45, 2.75) is 41.7 Å². The van der Waals surface area contributed by atoms with Crippen LogP contribution in [0.5, 0.6) is 0 Å². The summed E-state index contributed by atoms with van der Waals surface area (Å²) in [4.78, 5) is 23.9. The highest BCUT2D eigenvalue weighted by Crippen LogP contribution is 2.71. The molecule has 0 saturated carbocycles. The summed E-state index contributed by atoms with van der Waals surface area (Å²) in [5.74, 6) is -1.80. The van der Waals surface area contributed by atoms with E-state index in [0.29, 0.717) is 0 Å². The lowest BCUT2D eigenvalue weighted by atomic mass is 9.86. The van der Waals surface area contributed by atoms with Gasteiger partial charge in [-0.3, -0.25) is 23.9 Å². The van der Waals surface area contributed by atoms with Crippen LogP contribution in [0.4, 0.5) is 23.2 Å². The number of nitrogens with two attached hydrogens (primary N) is 1. The van der Waals surface area contributed by atoms with Gasteiger partial charge >= 0.3 is 0 Å². The first-order chi connectivity index (χ1) is 15.5. The third-order valence-electron chi connectivity index (χ3n) is 6.34. The number of carbonyl (C=O) groups excluding carboxylic acids is 1. The van der Waals surface area contributed by atoms with Gasteiger partial charge in [-0.05, 0) is 38.0 Å². The summed E-state index contributed by atoms with van der Waals surface area (Å²) in [6.45, 7) is 0.381. The Morgan fingerprint density at radius 3 is 2.67 bits per heavy atom. The average Bonchev–Trinajstić information content (AvgIpc) is 2.98. The van der Waals surface area contributed by atoms with Crippen LogP contribution in [0.1, 0.15) is 47.9 Å². The molecule has 0 radical (unpaired) electrons. The molecule has 2 bridgehead atoms. The minimum absolute atomic E-state index is 0.0623. The second-order valence-electron chi connectivity index (χ2n) is 8.17. The molecule has 5 N–H and O–H groups in total. The maximum absolute atomic E-state index is 14.9. The fraction of sp³-hybridized carbons (Fsp3) is 0.400. The highest BCUT2D eigenvalue weighted by atomic mass is 32.3. The summed E-state index contributed by atoms with van der Waals surface area (Å²) in [6, 6.07) is 3.59. The predicted octanol–water partition coefficient (Wildman–Crippen LogP) is 4.01. The van der Waals surface area contributed by atoms with Gasteiger partial charge in [-0.15, -0.1) is 0 Å². The Morgan fingerprint density at radius 1 is 1.33 bits per heavy atom. The first kappa shape index (κ1) is 23.4. The molecule has 1 aromatic carbocycles. The maximum atomic E-state index is 14.9. The molecule has 178 valence electrons. The van der Waals surface area contributed by atoms with Crippen molar-refractivity contribution in [2.75, 3.05) is 12.0 Å². The van der Waals surface area contributed by atoms with Gasteiger partial charge in [-0.25, -0.2) is 22.5 Å². The number of amidine groups is 1. The quantitative estimate of drug-likeness (QED) is 0.471. The molecule has 1 amide bonds. The van der Waals surface area contributed by atoms with E-state index in [0.717, 1.165) is 18.5 Å². The minimum Gasteiger partial charge on any atom is -0.386 e. The average molecular weight is 487 g/mol. The number of fused-ring (bicyclic) bond motifs is 2. The van der Waals surface area contributed by atoms with E-state index >= 15 is 0 Å². The van der Waals surface area contributed by atoms with Crippen LogP contribution >= 0.6 is 10.6 Å². The minimum atomic E-state index is -3.62. The number of amides is 1. The van der Waals surface area contributed by atoms with E-state index < -0.39 is 56.6 Å². The van der Waals surface area contributed by atoms with Crippen molar-refractivity contribution in [2.24, 2.45) is 10.7 Å². The number of anilines is 1. The van der Waals surface area contributed by atoms with Gasteiger partial charge in [0.05, 0.1) is 17.6 Å². The van der Waals surface area contributed by atoms with Crippen LogP contribution in [0.15, 0.2) is 35.6 Å². The van der Waals surface area contributed by atoms with Gasteiger partial charge in [0.2, 0.25) is 0 Å². The van der Waals surface area contributed by atoms with E-state index in [1.54, 1.807) is 0 Å². The number of nitrogens with zero attached hydrogens (tertiary/aromatic N) is 3. The van der Waals surface area contributed by atoms with Gasteiger partial charge in [0.1, 0.15) is 40.0 Å². The first-order valence-electron chi connectivity index (χ1n) is 9.86. The standard InChI is InChI=1S/C20H21F4N5O3S/c1-19(15-4-5-20(9-21,18(25)29-19)33(15,31)32)11-6-10(2-3-12(11)22)28-17(30)14-8-26-13(7-27-14)16(23)24/h2-3,6-8,15-16,31-32H,4-5,9H2,1H3,(H2,25,29)(H,28,30)/t15-,19+,20-/m0/s1. The topological polar surface area (TPSA) is 134 Å². The largest absolute Gasteiger partial charge is 0.386 e. The number of hydrogen-bond donors (Lipinski definition) is 4. The molecule has 3 atom stereocenters. The van der Waals surface area contributed by atoms with Crippen LogP contribution in [0.3, 0.4) is 0 Å². The number of benzene rings is 1. The normalized spacial score (nSPS) is 29.0. The SMILES string of the molecule is C[C@]1(c2cc(NC(=O)c3cnc(C(F)F)cn3)ccc2F)N=C(N)[C@@]2(CF)CC[C@@H]1S2(O)O. The van der Waals surface area contributed by atoms with Crippen LogP contribution in [0.2, 0.25) is 0 Å². The number of hydrogen-bond acceptors (Lipinski definition) is 7. The number of aliphatic imine (C=N–C) groups is 1. The van der Waals surface area contributed by atoms with Crippen LogP contribution in [-0.4, -0.2) is 47.5 Å². The first-order valence-corrected chi connectivity index (χ1v) is 11.5. The van der Waals surface area contributed by atoms with Crippen molar-refractivity contribution in [3.63, 3.8) is 0 Å². The second kappa shape index (κ2) is 7.92. The van der Waals surface area contributed by atoms with Crippen LogP contribution in [0.25, 0.3) is 0 Å². The predicted molar refractivity (Wildman–Crippen MR) is 115 cm³/mol. The van der Waals surface area contributed by atoms with E-state index in [1.807, 2.05) is 0 Å². The Kier molecular flexibility index (Phi) is 5.61. The fourth-order valence-corrected chi connectivity index (χ4v) is 7.20. The molecule has 2 aromatic rings. The number of rotatable bonds is 5. The van der Waals surface area contributed by atoms with Gasteiger partial charge in [-0.1, -0.05) is 0 Å². The molecule has 3 heterocycles. The molecule has 2 aliphatic rings. The van der Waals surface area contributed by atoms with Gasteiger partial charge in [-0.2, -0.15) is 10.6 Å². The monoisotopic (exact) mass is 487 g/mol. The van der Waals surface area contributed by atoms with Gasteiger partial charge in [0.25, 0.3) is 12.3 Å². The lowest BCUT2D eigenvalue weighted by molar-refractivity contribution is 0.102. The molecule has 1 aromatic heterocycles. The van der Waals surface area contributed by atoms with Crippen molar-refractivity contribution >= 4 is 28.0 Å². The number of carbonyl (C=O) groups is 1. The number of aromatic nitrogens is 2. The second-order valence-corrected chi connectivity index (χ2v) is 10.7. The van der Waals surface area contributed by atoms with Crippen molar-refractivity contribution in [3.8, 4) is 0 Å². The van der Waals surface area contributed by atoms with E-state index in [1.165, 1.54) is 19.1 Å². The molecule has 0 spiro atoms. The van der Waals surface area contributed by atoms with Crippen LogP contribution in [0, 0.1) is 5.82 Å². The van der Waals surface area contributed by atoms with E-state index in [4.69, 9.17) is 5.73 Å². The molecule has 8 nitrogen and oxygen atoms in total. The third-order valence-corrected chi connectivity index (χ3v) is 9.50. The third kappa shape index (κ3) is 3.45. The molecule has 1 saturated heterocycles. The number of alkyl halides is 3. The molecule has 1 fully saturated rings. The van der Waals surface area contributed by atoms with Crippen molar-refractivity contribution in [1.82, 2.24) is 9.97 Å². The zero-order chi connectivity index (χ0) is 24.2. The summed E-state index contributed by atoms with van der Waals surface area (Å²) >= 11 is 0. The van der Waals surface area contributed by atoms with E-state index in [2.05, 4.69) is 20.3 Å². The van der Waals surface area contributed by atoms with Crippen LogP contribution in [-0.2, 0) is 5.54 Å². The van der Waals surface area contributed by atoms with E-state index in [9.17, 15) is 31.5 Å². The maximum Gasteiger partial charge on any atom is 0.281 e. The Bertz CT molecular complexity index is 1130. The lowest BCUT2D eigenvalue weighted by Gasteiger charge is -2.54. The summed E-state index contributed by atoms with van der Waals surface area (Å²) in [5.41, 5.74) is 3.67. The Hall–Kier alpha value is -2.77. The molecule has 4 rings (SSSR count). The fourth-order valence-electron chi connectivity index (χ4n) is 4.46. The molecular formula is C20H21F4N5O3S. The zero-order valence-corrected chi connectivity index (χ0v) is 18.1. The molecule has 13 heteroatoms. The summed E-state index contributed by atoms with van der Waals surface area (Å²) < 4.78 is 74.1. The summed E-state index contributed by atoms with van der Waals surface area (Å²) in [5, 5.41) is 1.49. The highest BCUT2D eigenvalue weighted by Gasteiger charge is 2.65. The summed E-state index contributed by atoms with van der Waals surface area (Å²) in [6.07, 6.45) is -0.948. The lowest BCUT2D eigenvalue weighted by Crippen LogP contribution is -2.55. The Labute approximate surface area is 187 Å². The van der Waals surface area contributed by atoms with E-state index in [-0.39, 0.29) is 35.6 Å². The number of nitrogens with one attached hydrogen (secondary N) is 1. The number of halogens is 4. The van der Waals surface area contributed by atoms with Crippen molar-refractivity contribution < 1.29 is 31.5 Å². The molecule has 0 aliphatic carbocycles. The van der Waals surface area contributed by atoms with Crippen molar-refractivity contribution in [1.29, 1.82) is 0 Å². The molecule has 2 aliphatic heterocycles. The van der Waals surface area contributed by atoms with Crippen LogP contribution < -0.4 is 11.1 Å². The summed E-state index contributed by atoms with van der Waals surface area (Å²) in [7, 11) is -3.62. The molecule has 0 unspecified atom stereocenters. The molecule has 33 heavy (non-hydrogen) atoms.